The predicted octanol–water partition coefficient (Wildman–Crippen LogP) is 1.57. The molecule has 0 heterocycles. The molecule has 1 amide bonds. The van der Waals surface area contributed by atoms with Gasteiger partial charge in [0.1, 0.15) is 0 Å². The number of esters is 1. The Bertz CT molecular complexity index is 508. The SMILES string of the molecule is COCCN(CCC(=O)OC)C(=O)c1cccc(N)c1Cl. The Labute approximate surface area is 128 Å². The van der Waals surface area contributed by atoms with E-state index in [1.165, 1.54) is 19.1 Å². The number of carbonyl (C=O) groups is 2. The first-order valence-electron chi connectivity index (χ1n) is 6.40. The molecule has 0 fully saturated rings. The van der Waals surface area contributed by atoms with E-state index >= 15 is 0 Å². The number of carbonyl (C=O) groups excluding carboxylic acids is 2. The molecule has 0 aliphatic heterocycles. The maximum atomic E-state index is 12.5. The molecule has 1 aromatic carbocycles. The van der Waals surface area contributed by atoms with Gasteiger partial charge in [-0.1, -0.05) is 17.7 Å². The van der Waals surface area contributed by atoms with Crippen LogP contribution in [-0.4, -0.2) is 50.7 Å². The number of anilines is 1. The van der Waals surface area contributed by atoms with Crippen molar-refractivity contribution in [3.63, 3.8) is 0 Å². The highest BCUT2D eigenvalue weighted by Gasteiger charge is 2.20. The minimum atomic E-state index is -0.385. The summed E-state index contributed by atoms with van der Waals surface area (Å²) in [6.45, 7) is 0.921. The van der Waals surface area contributed by atoms with Crippen LogP contribution in [0.2, 0.25) is 5.02 Å². The van der Waals surface area contributed by atoms with Crippen LogP contribution in [0, 0.1) is 0 Å². The van der Waals surface area contributed by atoms with E-state index in [1.54, 1.807) is 18.2 Å². The summed E-state index contributed by atoms with van der Waals surface area (Å²) in [6, 6.07) is 4.87. The molecule has 1 rings (SSSR count). The maximum absolute atomic E-state index is 12.5. The van der Waals surface area contributed by atoms with Gasteiger partial charge in [-0.2, -0.15) is 0 Å². The van der Waals surface area contributed by atoms with Gasteiger partial charge in [-0.05, 0) is 12.1 Å². The molecule has 0 aliphatic rings. The van der Waals surface area contributed by atoms with Crippen molar-refractivity contribution in [2.45, 2.75) is 6.42 Å². The summed E-state index contributed by atoms with van der Waals surface area (Å²) in [5.41, 5.74) is 6.34. The van der Waals surface area contributed by atoms with Gasteiger partial charge in [-0.25, -0.2) is 0 Å². The number of nitrogens with two attached hydrogens (primary N) is 1. The Hall–Kier alpha value is -1.79. The fraction of sp³-hybridized carbons (Fsp3) is 0.429. The third-order valence-electron chi connectivity index (χ3n) is 2.93. The van der Waals surface area contributed by atoms with Gasteiger partial charge in [-0.3, -0.25) is 9.59 Å². The lowest BCUT2D eigenvalue weighted by Gasteiger charge is -2.22. The lowest BCUT2D eigenvalue weighted by Crippen LogP contribution is -2.36. The van der Waals surface area contributed by atoms with E-state index in [9.17, 15) is 9.59 Å². The van der Waals surface area contributed by atoms with Crippen molar-refractivity contribution in [1.29, 1.82) is 0 Å². The summed E-state index contributed by atoms with van der Waals surface area (Å²) in [6.07, 6.45) is 0.103. The molecule has 6 nitrogen and oxygen atoms in total. The summed E-state index contributed by atoms with van der Waals surface area (Å²) < 4.78 is 9.56. The van der Waals surface area contributed by atoms with Crippen molar-refractivity contribution < 1.29 is 19.1 Å². The normalized spacial score (nSPS) is 10.2. The molecule has 7 heteroatoms. The smallest absolute Gasteiger partial charge is 0.307 e. The Morgan fingerprint density at radius 3 is 2.62 bits per heavy atom. The number of nitrogen functional groups attached to an aromatic ring is 1. The molecule has 0 saturated heterocycles. The molecule has 0 radical (unpaired) electrons. The highest BCUT2D eigenvalue weighted by Crippen LogP contribution is 2.24. The topological polar surface area (TPSA) is 81.9 Å². The predicted molar refractivity (Wildman–Crippen MR) is 80.3 cm³/mol. The van der Waals surface area contributed by atoms with Crippen LogP contribution in [0.1, 0.15) is 16.8 Å². The van der Waals surface area contributed by atoms with E-state index in [0.29, 0.717) is 24.4 Å². The number of methoxy groups -OCH3 is 2. The number of ether oxygens (including phenoxy) is 2. The number of amides is 1. The molecule has 0 aromatic heterocycles. The summed E-state index contributed by atoms with van der Waals surface area (Å²) in [5.74, 6) is -0.683. The number of nitrogens with zero attached hydrogens (tertiary/aromatic N) is 1. The Morgan fingerprint density at radius 2 is 2.00 bits per heavy atom. The summed E-state index contributed by atoms with van der Waals surface area (Å²) in [7, 11) is 2.84. The minimum absolute atomic E-state index is 0.103. The van der Waals surface area contributed by atoms with Crippen LogP contribution >= 0.6 is 11.6 Å². The first-order valence-corrected chi connectivity index (χ1v) is 6.78. The van der Waals surface area contributed by atoms with E-state index < -0.39 is 0 Å². The van der Waals surface area contributed by atoms with E-state index in [-0.39, 0.29) is 29.9 Å². The van der Waals surface area contributed by atoms with Gasteiger partial charge >= 0.3 is 5.97 Å². The summed E-state index contributed by atoms with van der Waals surface area (Å²) in [5, 5.41) is 0.211. The number of hydrogen-bond donors (Lipinski definition) is 1. The average molecular weight is 315 g/mol. The molecule has 0 aliphatic carbocycles. The fourth-order valence-corrected chi connectivity index (χ4v) is 1.94. The first kappa shape index (κ1) is 17.3. The average Bonchev–Trinajstić information content (AvgIpc) is 2.49. The number of hydrogen-bond acceptors (Lipinski definition) is 5. The molecule has 2 N–H and O–H groups in total. The Morgan fingerprint density at radius 1 is 1.29 bits per heavy atom. The molecular formula is C14H19ClN2O4. The van der Waals surface area contributed by atoms with E-state index in [0.717, 1.165) is 0 Å². The number of rotatable bonds is 7. The third-order valence-corrected chi connectivity index (χ3v) is 3.35. The van der Waals surface area contributed by atoms with E-state index in [4.69, 9.17) is 22.1 Å². The first-order chi connectivity index (χ1) is 10.0. The zero-order chi connectivity index (χ0) is 15.8. The van der Waals surface area contributed by atoms with Gasteiger partial charge in [0.25, 0.3) is 5.91 Å². The quantitative estimate of drug-likeness (QED) is 0.610. The van der Waals surface area contributed by atoms with Crippen LogP contribution in [0.4, 0.5) is 5.69 Å². The van der Waals surface area contributed by atoms with Crippen LogP contribution < -0.4 is 5.73 Å². The Kier molecular flexibility index (Phi) is 6.98. The lowest BCUT2D eigenvalue weighted by atomic mass is 10.1. The molecule has 116 valence electrons. The van der Waals surface area contributed by atoms with E-state index in [1.807, 2.05) is 0 Å². The highest BCUT2D eigenvalue weighted by atomic mass is 35.5. The zero-order valence-corrected chi connectivity index (χ0v) is 12.9. The van der Waals surface area contributed by atoms with Gasteiger partial charge < -0.3 is 20.1 Å². The van der Waals surface area contributed by atoms with Crippen molar-refractivity contribution in [3.8, 4) is 0 Å². The molecule has 0 unspecified atom stereocenters. The van der Waals surface area contributed by atoms with Gasteiger partial charge in [0.05, 0.1) is 36.4 Å². The third kappa shape index (κ3) is 4.91. The second kappa shape index (κ2) is 8.49. The molecule has 1 aromatic rings. The molecular weight excluding hydrogens is 296 g/mol. The van der Waals surface area contributed by atoms with Crippen molar-refractivity contribution in [2.24, 2.45) is 0 Å². The van der Waals surface area contributed by atoms with Crippen LogP contribution in [0.3, 0.4) is 0 Å². The van der Waals surface area contributed by atoms with E-state index in [2.05, 4.69) is 4.74 Å². The summed E-state index contributed by atoms with van der Waals surface area (Å²) >= 11 is 6.06. The van der Waals surface area contributed by atoms with Gasteiger partial charge in [-0.15, -0.1) is 0 Å². The molecule has 0 saturated carbocycles. The van der Waals surface area contributed by atoms with Crippen LogP contribution in [0.25, 0.3) is 0 Å². The minimum Gasteiger partial charge on any atom is -0.469 e. The van der Waals surface area contributed by atoms with Gasteiger partial charge in [0, 0.05) is 20.2 Å². The maximum Gasteiger partial charge on any atom is 0.307 e. The van der Waals surface area contributed by atoms with Crippen LogP contribution in [0.5, 0.6) is 0 Å². The number of halogens is 1. The summed E-state index contributed by atoms with van der Waals surface area (Å²) in [4.78, 5) is 25.2. The second-order valence-electron chi connectivity index (χ2n) is 4.32. The molecule has 0 bridgehead atoms. The van der Waals surface area contributed by atoms with Crippen molar-refractivity contribution in [1.82, 2.24) is 4.90 Å². The van der Waals surface area contributed by atoms with Crippen molar-refractivity contribution in [2.75, 3.05) is 39.6 Å². The zero-order valence-electron chi connectivity index (χ0n) is 12.1. The van der Waals surface area contributed by atoms with Crippen LogP contribution in [-0.2, 0) is 14.3 Å². The van der Waals surface area contributed by atoms with Gasteiger partial charge in [0.2, 0.25) is 0 Å². The van der Waals surface area contributed by atoms with Crippen molar-refractivity contribution in [3.05, 3.63) is 28.8 Å². The second-order valence-corrected chi connectivity index (χ2v) is 4.70. The molecule has 0 atom stereocenters. The standard InChI is InChI=1S/C14H19ClN2O4/c1-20-9-8-17(7-6-12(18)21-2)14(19)10-4-3-5-11(16)13(10)15/h3-5H,6-9,16H2,1-2H3. The van der Waals surface area contributed by atoms with Crippen molar-refractivity contribution >= 4 is 29.2 Å². The highest BCUT2D eigenvalue weighted by molar-refractivity contribution is 6.36. The largest absolute Gasteiger partial charge is 0.469 e. The van der Waals surface area contributed by atoms with Gasteiger partial charge in [0.15, 0.2) is 0 Å². The molecule has 21 heavy (non-hydrogen) atoms. The number of benzene rings is 1. The Balaban J connectivity index is 2.88. The fourth-order valence-electron chi connectivity index (χ4n) is 1.73. The van der Waals surface area contributed by atoms with Crippen LogP contribution in [0.15, 0.2) is 18.2 Å². The molecule has 0 spiro atoms. The lowest BCUT2D eigenvalue weighted by molar-refractivity contribution is -0.140. The monoisotopic (exact) mass is 314 g/mol.